The Hall–Kier alpha value is -3.15. The van der Waals surface area contributed by atoms with Gasteiger partial charge in [-0.2, -0.15) is 0 Å². The van der Waals surface area contributed by atoms with E-state index >= 15 is 0 Å². The molecule has 1 amide bonds. The molecule has 2 aromatic rings. The van der Waals surface area contributed by atoms with Crippen LogP contribution in [0.2, 0.25) is 0 Å². The number of carbonyl (C=O) groups is 2. The molecule has 0 fully saturated rings. The third-order valence-electron chi connectivity index (χ3n) is 4.74. The molecule has 1 atom stereocenters. The molecule has 0 radical (unpaired) electrons. The Balaban J connectivity index is 2.11. The normalized spacial score (nSPS) is 17.2. The molecule has 2 heterocycles. The second-order valence-corrected chi connectivity index (χ2v) is 7.81. The van der Waals surface area contributed by atoms with Crippen LogP contribution in [-0.4, -0.2) is 33.8 Å². The Kier molecular flexibility index (Phi) is 5.23. The number of hydrogen-bond acceptors (Lipinski definition) is 5. The number of hydrogen-bond donors (Lipinski definition) is 1. The van der Waals surface area contributed by atoms with Crippen LogP contribution in [0.15, 0.2) is 60.1 Å². The summed E-state index contributed by atoms with van der Waals surface area (Å²) in [5, 5.41) is 10.6. The molecular weight excluding hydrogens is 356 g/mol. The summed E-state index contributed by atoms with van der Waals surface area (Å²) in [5.74, 6) is -0.690. The second-order valence-electron chi connectivity index (χ2n) is 7.81. The van der Waals surface area contributed by atoms with Crippen LogP contribution < -0.4 is 4.74 Å². The number of amides is 1. The highest BCUT2D eigenvalue weighted by Crippen LogP contribution is 2.42. The lowest BCUT2D eigenvalue weighted by Crippen LogP contribution is -2.32. The van der Waals surface area contributed by atoms with Gasteiger partial charge in [0.1, 0.15) is 5.75 Å². The van der Waals surface area contributed by atoms with Crippen molar-refractivity contribution in [1.82, 2.24) is 9.88 Å². The Bertz CT molecular complexity index is 929. The van der Waals surface area contributed by atoms with E-state index < -0.39 is 23.1 Å². The largest absolute Gasteiger partial charge is 0.503 e. The zero-order chi connectivity index (χ0) is 20.5. The van der Waals surface area contributed by atoms with Crippen molar-refractivity contribution in [3.05, 3.63) is 71.3 Å². The number of ketones is 1. The predicted molar refractivity (Wildman–Crippen MR) is 105 cm³/mol. The SMILES string of the molecule is COc1cccc(C2C(C(=O)C(C)(C)C)=C(O)C(=O)N2Cc2ccncc2)c1. The summed E-state index contributed by atoms with van der Waals surface area (Å²) in [4.78, 5) is 31.5. The molecule has 1 unspecified atom stereocenters. The molecule has 1 aromatic carbocycles. The molecule has 0 aliphatic carbocycles. The number of ether oxygens (including phenoxy) is 1. The van der Waals surface area contributed by atoms with E-state index in [1.54, 1.807) is 70.6 Å². The quantitative estimate of drug-likeness (QED) is 0.857. The molecule has 0 spiro atoms. The van der Waals surface area contributed by atoms with Gasteiger partial charge in [-0.3, -0.25) is 14.6 Å². The van der Waals surface area contributed by atoms with E-state index in [4.69, 9.17) is 4.74 Å². The average Bonchev–Trinajstić information content (AvgIpc) is 2.92. The van der Waals surface area contributed by atoms with Crippen LogP contribution in [0.25, 0.3) is 0 Å². The smallest absolute Gasteiger partial charge is 0.290 e. The van der Waals surface area contributed by atoms with Gasteiger partial charge in [0.25, 0.3) is 5.91 Å². The Labute approximate surface area is 164 Å². The van der Waals surface area contributed by atoms with Crippen LogP contribution in [0.1, 0.15) is 37.9 Å². The molecular formula is C22H24N2O4. The van der Waals surface area contributed by atoms with Crippen LogP contribution in [0, 0.1) is 5.41 Å². The molecule has 146 valence electrons. The van der Waals surface area contributed by atoms with Gasteiger partial charge in [0.15, 0.2) is 11.5 Å². The molecule has 6 nitrogen and oxygen atoms in total. The average molecular weight is 380 g/mol. The van der Waals surface area contributed by atoms with Crippen molar-refractivity contribution in [3.8, 4) is 5.75 Å². The lowest BCUT2D eigenvalue weighted by atomic mass is 9.82. The van der Waals surface area contributed by atoms with E-state index in [1.165, 1.54) is 4.90 Å². The first-order valence-electron chi connectivity index (χ1n) is 9.05. The number of aliphatic hydroxyl groups is 1. The lowest BCUT2D eigenvalue weighted by Gasteiger charge is -2.29. The Morgan fingerprint density at radius 3 is 2.50 bits per heavy atom. The van der Waals surface area contributed by atoms with Gasteiger partial charge in [-0.05, 0) is 35.4 Å². The second kappa shape index (κ2) is 7.46. The van der Waals surface area contributed by atoms with Gasteiger partial charge < -0.3 is 14.7 Å². The molecule has 1 aliphatic rings. The van der Waals surface area contributed by atoms with Gasteiger partial charge in [0.05, 0.1) is 18.7 Å². The molecule has 0 bridgehead atoms. The number of nitrogens with zero attached hydrogens (tertiary/aromatic N) is 2. The van der Waals surface area contributed by atoms with Crippen LogP contribution in [0.3, 0.4) is 0 Å². The van der Waals surface area contributed by atoms with E-state index in [2.05, 4.69) is 4.98 Å². The number of pyridine rings is 1. The van der Waals surface area contributed by atoms with Crippen LogP contribution >= 0.6 is 0 Å². The molecule has 6 heteroatoms. The number of methoxy groups -OCH3 is 1. The summed E-state index contributed by atoms with van der Waals surface area (Å²) in [7, 11) is 1.56. The van der Waals surface area contributed by atoms with E-state index in [-0.39, 0.29) is 17.9 Å². The predicted octanol–water partition coefficient (Wildman–Crippen LogP) is 3.60. The highest BCUT2D eigenvalue weighted by Gasteiger charge is 2.45. The fraction of sp³-hybridized carbons (Fsp3) is 0.318. The third-order valence-corrected chi connectivity index (χ3v) is 4.74. The summed E-state index contributed by atoms with van der Waals surface area (Å²) in [5.41, 5.74) is 0.944. The third kappa shape index (κ3) is 3.63. The van der Waals surface area contributed by atoms with E-state index in [9.17, 15) is 14.7 Å². The topological polar surface area (TPSA) is 79.7 Å². The van der Waals surface area contributed by atoms with Crippen LogP contribution in [0.4, 0.5) is 0 Å². The number of rotatable bonds is 5. The fourth-order valence-corrected chi connectivity index (χ4v) is 3.30. The van der Waals surface area contributed by atoms with Crippen molar-refractivity contribution in [1.29, 1.82) is 0 Å². The Morgan fingerprint density at radius 1 is 1.21 bits per heavy atom. The summed E-state index contributed by atoms with van der Waals surface area (Å²) in [6, 6.07) is 10.1. The van der Waals surface area contributed by atoms with Gasteiger partial charge in [-0.25, -0.2) is 0 Å². The monoisotopic (exact) mass is 380 g/mol. The minimum atomic E-state index is -0.743. The first kappa shape index (κ1) is 19.6. The molecule has 0 saturated heterocycles. The van der Waals surface area contributed by atoms with Gasteiger partial charge in [-0.1, -0.05) is 32.9 Å². The summed E-state index contributed by atoms with van der Waals surface area (Å²) >= 11 is 0. The van der Waals surface area contributed by atoms with E-state index in [0.29, 0.717) is 11.3 Å². The number of carbonyl (C=O) groups excluding carboxylic acids is 2. The zero-order valence-electron chi connectivity index (χ0n) is 16.5. The standard InChI is InChI=1S/C22H24N2O4/c1-22(2,3)20(26)17-18(15-6-5-7-16(12-15)28-4)24(21(27)19(17)25)13-14-8-10-23-11-9-14/h5-12,18,25H,13H2,1-4H3. The number of Topliss-reactive ketones (excluding diaryl/α,β-unsaturated/α-hetero) is 1. The first-order chi connectivity index (χ1) is 13.2. The highest BCUT2D eigenvalue weighted by atomic mass is 16.5. The first-order valence-corrected chi connectivity index (χ1v) is 9.05. The zero-order valence-corrected chi connectivity index (χ0v) is 16.5. The minimum Gasteiger partial charge on any atom is -0.503 e. The van der Waals surface area contributed by atoms with Crippen molar-refractivity contribution in [3.63, 3.8) is 0 Å². The van der Waals surface area contributed by atoms with Gasteiger partial charge in [0, 0.05) is 24.4 Å². The molecule has 1 aliphatic heterocycles. The molecule has 3 rings (SSSR count). The number of benzene rings is 1. The van der Waals surface area contributed by atoms with Crippen molar-refractivity contribution in [2.24, 2.45) is 5.41 Å². The van der Waals surface area contributed by atoms with E-state index in [1.807, 2.05) is 6.07 Å². The van der Waals surface area contributed by atoms with Crippen molar-refractivity contribution < 1.29 is 19.4 Å². The lowest BCUT2D eigenvalue weighted by molar-refractivity contribution is -0.130. The van der Waals surface area contributed by atoms with Gasteiger partial charge in [0.2, 0.25) is 0 Å². The molecule has 28 heavy (non-hydrogen) atoms. The summed E-state index contributed by atoms with van der Waals surface area (Å²) in [6.07, 6.45) is 3.29. The van der Waals surface area contributed by atoms with Gasteiger partial charge in [-0.15, -0.1) is 0 Å². The van der Waals surface area contributed by atoms with Crippen molar-refractivity contribution in [2.75, 3.05) is 7.11 Å². The Morgan fingerprint density at radius 2 is 1.89 bits per heavy atom. The van der Waals surface area contributed by atoms with Gasteiger partial charge >= 0.3 is 0 Å². The minimum absolute atomic E-state index is 0.125. The maximum atomic E-state index is 13.1. The highest BCUT2D eigenvalue weighted by molar-refractivity contribution is 6.10. The van der Waals surface area contributed by atoms with Crippen molar-refractivity contribution in [2.45, 2.75) is 33.4 Å². The summed E-state index contributed by atoms with van der Waals surface area (Å²) in [6.45, 7) is 5.56. The maximum absolute atomic E-state index is 13.1. The summed E-state index contributed by atoms with van der Waals surface area (Å²) < 4.78 is 5.31. The number of aromatic nitrogens is 1. The molecule has 1 aromatic heterocycles. The molecule has 1 N–H and O–H groups in total. The van der Waals surface area contributed by atoms with Crippen LogP contribution in [0.5, 0.6) is 5.75 Å². The van der Waals surface area contributed by atoms with Crippen molar-refractivity contribution >= 4 is 11.7 Å². The fourth-order valence-electron chi connectivity index (χ4n) is 3.30. The van der Waals surface area contributed by atoms with Crippen LogP contribution in [-0.2, 0) is 16.1 Å². The maximum Gasteiger partial charge on any atom is 0.290 e. The number of aliphatic hydroxyl groups excluding tert-OH is 1. The van der Waals surface area contributed by atoms with E-state index in [0.717, 1.165) is 5.56 Å². The molecule has 0 saturated carbocycles.